The Kier molecular flexibility index (Phi) is 3.89. The van der Waals surface area contributed by atoms with Gasteiger partial charge in [0, 0.05) is 17.5 Å². The van der Waals surface area contributed by atoms with Crippen molar-refractivity contribution >= 4 is 23.3 Å². The zero-order valence-corrected chi connectivity index (χ0v) is 15.5. The second kappa shape index (κ2) is 5.99. The molecule has 29 heavy (non-hydrogen) atoms. The van der Waals surface area contributed by atoms with Crippen LogP contribution in [0, 0.1) is 0 Å². The summed E-state index contributed by atoms with van der Waals surface area (Å²) >= 11 is 0. The standard InChI is InChI=1S/C21H16O8/c1-21(28)7-12(23)14-9(16(21)20(27)29-2)6-10-15(19(14)26)18(25)13-8(17(10)24)4-3-5-11(13)22/h3-6,16,22,26,28H,7H2,1-2H3/t16-,21+/m0/s1. The Morgan fingerprint density at radius 2 is 1.76 bits per heavy atom. The fraction of sp³-hybridized carbons (Fsp3) is 0.238. The lowest BCUT2D eigenvalue weighted by Crippen LogP contribution is -2.44. The summed E-state index contributed by atoms with van der Waals surface area (Å²) < 4.78 is 4.74. The molecule has 4 rings (SSSR count). The van der Waals surface area contributed by atoms with Gasteiger partial charge in [0.05, 0.1) is 29.4 Å². The van der Waals surface area contributed by atoms with Crippen molar-refractivity contribution in [1.82, 2.24) is 0 Å². The molecule has 0 radical (unpaired) electrons. The number of Topliss-reactive ketones (excluding diaryl/α,β-unsaturated/α-hetero) is 1. The van der Waals surface area contributed by atoms with E-state index in [4.69, 9.17) is 4.74 Å². The van der Waals surface area contributed by atoms with E-state index in [-0.39, 0.29) is 27.8 Å². The number of aromatic hydroxyl groups is 2. The molecule has 0 saturated heterocycles. The van der Waals surface area contributed by atoms with Gasteiger partial charge < -0.3 is 20.1 Å². The molecule has 0 unspecified atom stereocenters. The molecule has 0 aromatic heterocycles. The Balaban J connectivity index is 2.06. The van der Waals surface area contributed by atoms with Crippen molar-refractivity contribution in [3.05, 3.63) is 57.6 Å². The molecule has 2 aliphatic rings. The van der Waals surface area contributed by atoms with Gasteiger partial charge in [-0.1, -0.05) is 12.1 Å². The first kappa shape index (κ1) is 18.8. The molecule has 8 heteroatoms. The van der Waals surface area contributed by atoms with E-state index in [1.165, 1.54) is 31.2 Å². The maximum Gasteiger partial charge on any atom is 0.316 e. The average molecular weight is 396 g/mol. The first-order valence-corrected chi connectivity index (χ1v) is 8.74. The third-order valence-corrected chi connectivity index (χ3v) is 5.48. The number of methoxy groups -OCH3 is 1. The minimum absolute atomic E-state index is 0.0645. The predicted octanol–water partition coefficient (Wildman–Crippen LogP) is 1.47. The number of hydrogen-bond donors (Lipinski definition) is 3. The van der Waals surface area contributed by atoms with Crippen LogP contribution in [0.25, 0.3) is 0 Å². The van der Waals surface area contributed by atoms with Crippen LogP contribution >= 0.6 is 0 Å². The van der Waals surface area contributed by atoms with Gasteiger partial charge in [-0.3, -0.25) is 19.2 Å². The van der Waals surface area contributed by atoms with Gasteiger partial charge >= 0.3 is 5.97 Å². The van der Waals surface area contributed by atoms with Crippen LogP contribution in [0.3, 0.4) is 0 Å². The number of phenols is 2. The molecular weight excluding hydrogens is 380 g/mol. The van der Waals surface area contributed by atoms with Gasteiger partial charge in [-0.05, 0) is 24.6 Å². The van der Waals surface area contributed by atoms with Crippen molar-refractivity contribution in [3.8, 4) is 11.5 Å². The third-order valence-electron chi connectivity index (χ3n) is 5.48. The smallest absolute Gasteiger partial charge is 0.316 e. The first-order valence-electron chi connectivity index (χ1n) is 8.74. The lowest BCUT2D eigenvalue weighted by Gasteiger charge is -2.37. The molecule has 0 heterocycles. The van der Waals surface area contributed by atoms with Crippen molar-refractivity contribution in [2.75, 3.05) is 7.11 Å². The van der Waals surface area contributed by atoms with E-state index in [0.717, 1.165) is 7.11 Å². The van der Waals surface area contributed by atoms with Crippen LogP contribution in [0.1, 0.15) is 67.0 Å². The maximum absolute atomic E-state index is 13.0. The monoisotopic (exact) mass is 396 g/mol. The number of phenolic OH excluding ortho intramolecular Hbond substituents is 2. The van der Waals surface area contributed by atoms with Crippen LogP contribution in [0.15, 0.2) is 24.3 Å². The van der Waals surface area contributed by atoms with Crippen LogP contribution in [0.5, 0.6) is 11.5 Å². The Bertz CT molecular complexity index is 1140. The molecule has 0 amide bonds. The highest BCUT2D eigenvalue weighted by Crippen LogP contribution is 2.47. The van der Waals surface area contributed by atoms with E-state index in [2.05, 4.69) is 0 Å². The zero-order chi connectivity index (χ0) is 21.2. The van der Waals surface area contributed by atoms with Crippen molar-refractivity contribution < 1.29 is 39.2 Å². The van der Waals surface area contributed by atoms with Crippen LogP contribution < -0.4 is 0 Å². The number of carbonyl (C=O) groups is 4. The van der Waals surface area contributed by atoms with Gasteiger partial charge in [-0.2, -0.15) is 0 Å². The third kappa shape index (κ3) is 2.42. The highest BCUT2D eigenvalue weighted by Gasteiger charge is 2.49. The SMILES string of the molecule is COC(=O)[C@@H]1c2cc3c(c(O)c2C(=O)C[C@@]1(C)O)C(=O)c1c(O)cccc1C3=O. The van der Waals surface area contributed by atoms with E-state index in [9.17, 15) is 34.5 Å². The number of benzene rings is 2. The molecule has 0 saturated carbocycles. The van der Waals surface area contributed by atoms with Crippen molar-refractivity contribution in [1.29, 1.82) is 0 Å². The highest BCUT2D eigenvalue weighted by molar-refractivity contribution is 6.31. The number of fused-ring (bicyclic) bond motifs is 3. The Labute approximate surface area is 164 Å². The summed E-state index contributed by atoms with van der Waals surface area (Å²) in [6.07, 6.45) is -0.490. The molecule has 2 atom stereocenters. The summed E-state index contributed by atoms with van der Waals surface area (Å²) in [6, 6.07) is 5.16. The minimum Gasteiger partial charge on any atom is -0.507 e. The van der Waals surface area contributed by atoms with E-state index in [0.29, 0.717) is 0 Å². The van der Waals surface area contributed by atoms with Gasteiger partial charge in [0.1, 0.15) is 17.4 Å². The summed E-state index contributed by atoms with van der Waals surface area (Å²) in [5.41, 5.74) is -3.17. The fourth-order valence-electron chi connectivity index (χ4n) is 4.21. The van der Waals surface area contributed by atoms with Gasteiger partial charge in [-0.25, -0.2) is 0 Å². The molecule has 0 bridgehead atoms. The number of ketones is 3. The number of rotatable bonds is 1. The topological polar surface area (TPSA) is 138 Å². The number of ether oxygens (including phenoxy) is 1. The van der Waals surface area contributed by atoms with E-state index in [1.807, 2.05) is 0 Å². The summed E-state index contributed by atoms with van der Waals surface area (Å²) in [5, 5.41) is 31.5. The Morgan fingerprint density at radius 1 is 1.07 bits per heavy atom. The quantitative estimate of drug-likeness (QED) is 0.526. The van der Waals surface area contributed by atoms with E-state index >= 15 is 0 Å². The van der Waals surface area contributed by atoms with Gasteiger partial charge in [0.25, 0.3) is 0 Å². The maximum atomic E-state index is 13.0. The van der Waals surface area contributed by atoms with E-state index in [1.54, 1.807) is 0 Å². The number of hydrogen-bond acceptors (Lipinski definition) is 8. The van der Waals surface area contributed by atoms with Crippen LogP contribution in [-0.2, 0) is 9.53 Å². The number of esters is 1. The molecule has 0 fully saturated rings. The molecule has 2 aromatic rings. The first-order chi connectivity index (χ1) is 13.6. The summed E-state index contributed by atoms with van der Waals surface area (Å²) in [6.45, 7) is 1.28. The second-order valence-corrected chi connectivity index (χ2v) is 7.38. The number of carbonyl (C=O) groups excluding carboxylic acids is 4. The summed E-state index contributed by atoms with van der Waals surface area (Å²) in [4.78, 5) is 51.0. The van der Waals surface area contributed by atoms with E-state index < -0.39 is 58.3 Å². The Morgan fingerprint density at radius 3 is 2.41 bits per heavy atom. The van der Waals surface area contributed by atoms with Crippen molar-refractivity contribution in [2.24, 2.45) is 0 Å². The van der Waals surface area contributed by atoms with Gasteiger partial charge in [-0.15, -0.1) is 0 Å². The summed E-state index contributed by atoms with van der Waals surface area (Å²) in [5.74, 6) is -5.53. The van der Waals surface area contributed by atoms with Crippen molar-refractivity contribution in [3.63, 3.8) is 0 Å². The Hall–Kier alpha value is -3.52. The molecule has 148 valence electrons. The normalized spacial score (nSPS) is 22.6. The lowest BCUT2D eigenvalue weighted by atomic mass is 9.69. The van der Waals surface area contributed by atoms with Crippen LogP contribution in [0.2, 0.25) is 0 Å². The average Bonchev–Trinajstić information content (AvgIpc) is 2.64. The molecule has 2 aromatic carbocycles. The largest absolute Gasteiger partial charge is 0.507 e. The molecule has 8 nitrogen and oxygen atoms in total. The molecule has 0 spiro atoms. The summed E-state index contributed by atoms with van der Waals surface area (Å²) in [7, 11) is 1.11. The molecule has 3 N–H and O–H groups in total. The van der Waals surface area contributed by atoms with Gasteiger partial charge in [0.2, 0.25) is 5.78 Å². The van der Waals surface area contributed by atoms with Crippen LogP contribution in [0.4, 0.5) is 0 Å². The van der Waals surface area contributed by atoms with Crippen LogP contribution in [-0.4, -0.2) is 51.3 Å². The molecule has 2 aliphatic carbocycles. The zero-order valence-electron chi connectivity index (χ0n) is 15.5. The lowest BCUT2D eigenvalue weighted by molar-refractivity contribution is -0.149. The minimum atomic E-state index is -1.81. The van der Waals surface area contributed by atoms with Gasteiger partial charge in [0.15, 0.2) is 11.6 Å². The molecular formula is C21H16O8. The second-order valence-electron chi connectivity index (χ2n) is 7.38. The fourth-order valence-corrected chi connectivity index (χ4v) is 4.21. The van der Waals surface area contributed by atoms with Crippen molar-refractivity contribution in [2.45, 2.75) is 24.9 Å². The highest BCUT2D eigenvalue weighted by atomic mass is 16.5. The predicted molar refractivity (Wildman–Crippen MR) is 97.4 cm³/mol. The number of aliphatic hydroxyl groups is 1. The molecule has 0 aliphatic heterocycles.